The third-order valence-corrected chi connectivity index (χ3v) is 8.90. The molecule has 1 unspecified atom stereocenters. The Labute approximate surface area is 239 Å². The molecule has 13 nitrogen and oxygen atoms in total. The summed E-state index contributed by atoms with van der Waals surface area (Å²) >= 11 is 0. The third-order valence-electron chi connectivity index (χ3n) is 7.11. The third kappa shape index (κ3) is 7.22. The molecule has 1 atom stereocenters. The summed E-state index contributed by atoms with van der Waals surface area (Å²) in [6, 6.07) is 3.87. The van der Waals surface area contributed by atoms with Crippen LogP contribution in [-0.4, -0.2) is 91.0 Å². The molecule has 3 aliphatic heterocycles. The summed E-state index contributed by atoms with van der Waals surface area (Å²) in [5.74, 6) is -2.16. The lowest BCUT2D eigenvalue weighted by molar-refractivity contribution is -0.136. The van der Waals surface area contributed by atoms with Gasteiger partial charge in [-0.2, -0.15) is 0 Å². The predicted octanol–water partition coefficient (Wildman–Crippen LogP) is 1.60. The Morgan fingerprint density at radius 1 is 1.00 bits per heavy atom. The largest absolute Gasteiger partial charge is 0.444 e. The van der Waals surface area contributed by atoms with Crippen LogP contribution in [0.4, 0.5) is 10.5 Å². The van der Waals surface area contributed by atoms with Gasteiger partial charge in [0.25, 0.3) is 11.8 Å². The topological polar surface area (TPSA) is 171 Å². The van der Waals surface area contributed by atoms with Crippen molar-refractivity contribution >= 4 is 45.4 Å². The van der Waals surface area contributed by atoms with Crippen molar-refractivity contribution in [2.75, 3.05) is 31.5 Å². The lowest BCUT2D eigenvalue weighted by Gasteiger charge is -2.39. The fourth-order valence-electron chi connectivity index (χ4n) is 4.86. The van der Waals surface area contributed by atoms with Gasteiger partial charge in [0.2, 0.25) is 21.8 Å². The van der Waals surface area contributed by atoms with E-state index in [0.29, 0.717) is 25.2 Å². The molecule has 0 radical (unpaired) electrons. The number of likely N-dealkylation sites (tertiary alicyclic amines) is 1. The van der Waals surface area contributed by atoms with Gasteiger partial charge in [-0.1, -0.05) is 12.8 Å². The smallest absolute Gasteiger partial charge is 0.410 e. The van der Waals surface area contributed by atoms with E-state index in [-0.39, 0.29) is 37.1 Å². The molecular weight excluding hydrogens is 554 g/mol. The minimum absolute atomic E-state index is 0.0671. The molecule has 0 aromatic heterocycles. The number of rotatable bonds is 11. The number of imide groups is 2. The average Bonchev–Trinajstić information content (AvgIpc) is 3.08. The molecule has 4 rings (SSSR count). The highest BCUT2D eigenvalue weighted by molar-refractivity contribution is 7.90. The van der Waals surface area contributed by atoms with Crippen molar-refractivity contribution in [3.05, 3.63) is 29.3 Å². The minimum Gasteiger partial charge on any atom is -0.444 e. The zero-order chi connectivity index (χ0) is 29.9. The molecule has 14 heteroatoms. The number of carbonyl (C=O) groups excluding carboxylic acids is 5. The molecule has 3 N–H and O–H groups in total. The molecule has 224 valence electrons. The molecule has 3 aliphatic rings. The highest BCUT2D eigenvalue weighted by Crippen LogP contribution is 2.29. The first-order valence-electron chi connectivity index (χ1n) is 13.8. The summed E-state index contributed by atoms with van der Waals surface area (Å²) < 4.78 is 32.8. The van der Waals surface area contributed by atoms with Gasteiger partial charge in [-0.3, -0.25) is 29.4 Å². The summed E-state index contributed by atoms with van der Waals surface area (Å²) in [7, 11) is -3.50. The van der Waals surface area contributed by atoms with Gasteiger partial charge in [0.05, 0.1) is 11.1 Å². The van der Waals surface area contributed by atoms with Crippen molar-refractivity contribution in [3.63, 3.8) is 0 Å². The Hall–Kier alpha value is -3.52. The van der Waals surface area contributed by atoms with Crippen LogP contribution in [0.2, 0.25) is 0 Å². The molecule has 41 heavy (non-hydrogen) atoms. The monoisotopic (exact) mass is 591 g/mol. The summed E-state index contributed by atoms with van der Waals surface area (Å²) in [4.78, 5) is 63.7. The molecule has 0 bridgehead atoms. The number of sulfonamides is 1. The van der Waals surface area contributed by atoms with Crippen LogP contribution in [0, 0.1) is 0 Å². The molecule has 2 fully saturated rings. The van der Waals surface area contributed by atoms with Crippen molar-refractivity contribution < 1.29 is 37.1 Å². The van der Waals surface area contributed by atoms with E-state index in [0.717, 1.165) is 24.2 Å². The van der Waals surface area contributed by atoms with Gasteiger partial charge in [0.15, 0.2) is 0 Å². The first kappa shape index (κ1) is 30.4. The maximum absolute atomic E-state index is 12.9. The Kier molecular flexibility index (Phi) is 9.02. The summed E-state index contributed by atoms with van der Waals surface area (Å²) in [6.45, 7) is 6.45. The van der Waals surface area contributed by atoms with Gasteiger partial charge in [-0.15, -0.1) is 0 Å². The second kappa shape index (κ2) is 12.1. The van der Waals surface area contributed by atoms with Crippen LogP contribution >= 0.6 is 0 Å². The van der Waals surface area contributed by atoms with Crippen molar-refractivity contribution in [3.8, 4) is 0 Å². The highest BCUT2D eigenvalue weighted by Gasteiger charge is 2.45. The van der Waals surface area contributed by atoms with Crippen LogP contribution in [0.5, 0.6) is 0 Å². The SMILES string of the molecule is CC(C)(C)OC(=O)N1CC(S(=O)(=O)NCCCCCCNc2ccc3c(c2)C(=O)N(C2CCC(=O)NC2=O)C3=O)C1. The summed E-state index contributed by atoms with van der Waals surface area (Å²) in [5.41, 5.74) is 0.491. The van der Waals surface area contributed by atoms with Crippen LogP contribution in [0.15, 0.2) is 18.2 Å². The van der Waals surface area contributed by atoms with Crippen LogP contribution < -0.4 is 15.4 Å². The maximum Gasteiger partial charge on any atom is 0.410 e. The van der Waals surface area contributed by atoms with E-state index in [1.54, 1.807) is 39.0 Å². The van der Waals surface area contributed by atoms with Crippen molar-refractivity contribution in [2.24, 2.45) is 0 Å². The summed E-state index contributed by atoms with van der Waals surface area (Å²) in [6.07, 6.45) is 2.83. The number of hydrogen-bond acceptors (Lipinski definition) is 9. The molecule has 1 aromatic rings. The maximum atomic E-state index is 12.9. The van der Waals surface area contributed by atoms with Crippen molar-refractivity contribution in [1.29, 1.82) is 0 Å². The lowest BCUT2D eigenvalue weighted by Crippen LogP contribution is -2.60. The molecule has 5 amide bonds. The summed E-state index contributed by atoms with van der Waals surface area (Å²) in [5, 5.41) is 4.78. The zero-order valence-corrected chi connectivity index (χ0v) is 24.3. The first-order chi connectivity index (χ1) is 19.3. The molecule has 0 spiro atoms. The van der Waals surface area contributed by atoms with Gasteiger partial charge in [0, 0.05) is 38.3 Å². The number of amides is 5. The molecular formula is C27H37N5O8S. The molecule has 3 heterocycles. The Morgan fingerprint density at radius 2 is 1.66 bits per heavy atom. The quantitative estimate of drug-likeness (QED) is 0.255. The Morgan fingerprint density at radius 3 is 2.32 bits per heavy atom. The fraction of sp³-hybridized carbons (Fsp3) is 0.593. The lowest BCUT2D eigenvalue weighted by atomic mass is 10.0. The van der Waals surface area contributed by atoms with Crippen LogP contribution in [0.25, 0.3) is 0 Å². The van der Waals surface area contributed by atoms with E-state index >= 15 is 0 Å². The fourth-order valence-corrected chi connectivity index (χ4v) is 6.28. The predicted molar refractivity (Wildman–Crippen MR) is 149 cm³/mol. The Balaban J connectivity index is 1.13. The van der Waals surface area contributed by atoms with Gasteiger partial charge >= 0.3 is 6.09 Å². The van der Waals surface area contributed by atoms with Gasteiger partial charge in [-0.05, 0) is 58.2 Å². The average molecular weight is 592 g/mol. The molecule has 0 aliphatic carbocycles. The number of fused-ring (bicyclic) bond motifs is 1. The Bertz CT molecular complexity index is 1330. The minimum atomic E-state index is -3.50. The molecule has 0 saturated carbocycles. The van der Waals surface area contributed by atoms with Gasteiger partial charge in [-0.25, -0.2) is 17.9 Å². The van der Waals surface area contributed by atoms with E-state index in [2.05, 4.69) is 15.4 Å². The van der Waals surface area contributed by atoms with Crippen LogP contribution in [-0.2, 0) is 24.3 Å². The van der Waals surface area contributed by atoms with E-state index in [4.69, 9.17) is 4.74 Å². The van der Waals surface area contributed by atoms with Crippen molar-refractivity contribution in [1.82, 2.24) is 19.8 Å². The number of nitrogens with zero attached hydrogens (tertiary/aromatic N) is 2. The number of piperidine rings is 1. The standard InChI is InChI=1S/C27H37N5O8S/c1-27(2,3)40-26(37)31-15-18(16-31)41(38,39)29-13-7-5-4-6-12-28-17-8-9-19-20(14-17)25(36)32(24(19)35)21-10-11-22(33)30-23(21)34/h8-9,14,18,21,28-29H,4-7,10-13,15-16H2,1-3H3,(H,30,33,34). The normalized spacial score (nSPS) is 19.6. The van der Waals surface area contributed by atoms with E-state index in [1.807, 2.05) is 0 Å². The number of benzene rings is 1. The number of anilines is 1. The second-order valence-corrected chi connectivity index (χ2v) is 13.5. The highest BCUT2D eigenvalue weighted by atomic mass is 32.2. The van der Waals surface area contributed by atoms with E-state index in [1.165, 1.54) is 4.90 Å². The number of nitrogens with one attached hydrogen (secondary N) is 3. The first-order valence-corrected chi connectivity index (χ1v) is 15.4. The van der Waals surface area contributed by atoms with Crippen molar-refractivity contribution in [2.45, 2.75) is 76.2 Å². The zero-order valence-electron chi connectivity index (χ0n) is 23.5. The number of hydrogen-bond donors (Lipinski definition) is 3. The van der Waals surface area contributed by atoms with Crippen LogP contribution in [0.3, 0.4) is 0 Å². The van der Waals surface area contributed by atoms with Gasteiger partial charge in [0.1, 0.15) is 16.9 Å². The van der Waals surface area contributed by atoms with Gasteiger partial charge < -0.3 is 15.0 Å². The number of carbonyl (C=O) groups is 5. The molecule has 1 aromatic carbocycles. The number of unbranched alkanes of at least 4 members (excludes halogenated alkanes) is 3. The van der Waals surface area contributed by atoms with Crippen LogP contribution in [0.1, 0.15) is 80.0 Å². The molecule has 2 saturated heterocycles. The second-order valence-electron chi connectivity index (χ2n) is 11.5. The number of ether oxygens (including phenoxy) is 1. The van der Waals surface area contributed by atoms with E-state index < -0.39 is 56.6 Å². The van der Waals surface area contributed by atoms with E-state index in [9.17, 15) is 32.4 Å².